The molecule has 4 rings (SSSR count). The number of amides is 1. The van der Waals surface area contributed by atoms with Gasteiger partial charge in [-0.1, -0.05) is 37.3 Å². The summed E-state index contributed by atoms with van der Waals surface area (Å²) >= 11 is 0. The molecule has 3 N–H and O–H groups in total. The second-order valence-corrected chi connectivity index (χ2v) is 8.07. The molecule has 5 heteroatoms. The summed E-state index contributed by atoms with van der Waals surface area (Å²) in [7, 11) is 0. The zero-order valence-electron chi connectivity index (χ0n) is 14.8. The normalized spacial score (nSPS) is 39.0. The molecule has 1 saturated carbocycles. The van der Waals surface area contributed by atoms with E-state index in [1.807, 2.05) is 23.1 Å². The van der Waals surface area contributed by atoms with Gasteiger partial charge in [0.1, 0.15) is 0 Å². The summed E-state index contributed by atoms with van der Waals surface area (Å²) in [4.78, 5) is 14.8. The number of nitrogens with two attached hydrogens (primary N) is 1. The van der Waals surface area contributed by atoms with E-state index in [0.717, 1.165) is 25.7 Å². The Labute approximate surface area is 149 Å². The SMILES string of the molecule is CC1CCC(O)C1N1CCC2(CC(C(N)Cc3ccccc3)O2)C1=O. The van der Waals surface area contributed by atoms with E-state index in [9.17, 15) is 9.90 Å². The van der Waals surface area contributed by atoms with Gasteiger partial charge in [0.25, 0.3) is 5.91 Å². The van der Waals surface area contributed by atoms with Crippen molar-refractivity contribution in [3.05, 3.63) is 35.9 Å². The molecule has 3 aliphatic rings. The van der Waals surface area contributed by atoms with E-state index >= 15 is 0 Å². The highest BCUT2D eigenvalue weighted by atomic mass is 16.5. The van der Waals surface area contributed by atoms with Crippen LogP contribution in [0.5, 0.6) is 0 Å². The molecule has 0 aromatic heterocycles. The summed E-state index contributed by atoms with van der Waals surface area (Å²) in [6.07, 6.45) is 3.49. The maximum atomic E-state index is 13.0. The Hall–Kier alpha value is -1.43. The van der Waals surface area contributed by atoms with Gasteiger partial charge in [-0.3, -0.25) is 4.79 Å². The van der Waals surface area contributed by atoms with Gasteiger partial charge in [-0.2, -0.15) is 0 Å². The van der Waals surface area contributed by atoms with Crippen molar-refractivity contribution in [2.24, 2.45) is 11.7 Å². The second-order valence-electron chi connectivity index (χ2n) is 8.07. The fourth-order valence-electron chi connectivity index (χ4n) is 4.89. The van der Waals surface area contributed by atoms with Crippen LogP contribution in [0.3, 0.4) is 0 Å². The molecule has 0 bridgehead atoms. The molecule has 6 atom stereocenters. The maximum absolute atomic E-state index is 13.0. The predicted molar refractivity (Wildman–Crippen MR) is 94.9 cm³/mol. The minimum atomic E-state index is -0.680. The number of likely N-dealkylation sites (tertiary alicyclic amines) is 1. The quantitative estimate of drug-likeness (QED) is 0.867. The van der Waals surface area contributed by atoms with Crippen molar-refractivity contribution < 1.29 is 14.6 Å². The lowest BCUT2D eigenvalue weighted by Crippen LogP contribution is -2.62. The minimum Gasteiger partial charge on any atom is -0.391 e. The monoisotopic (exact) mass is 344 g/mol. The third-order valence-corrected chi connectivity index (χ3v) is 6.36. The largest absolute Gasteiger partial charge is 0.391 e. The molecule has 1 spiro atoms. The Kier molecular flexibility index (Phi) is 4.34. The summed E-state index contributed by atoms with van der Waals surface area (Å²) < 4.78 is 6.10. The molecule has 2 aliphatic heterocycles. The average molecular weight is 344 g/mol. The highest BCUT2D eigenvalue weighted by Crippen LogP contribution is 2.45. The van der Waals surface area contributed by atoms with Crippen LogP contribution in [0.25, 0.3) is 0 Å². The summed E-state index contributed by atoms with van der Waals surface area (Å²) in [5, 5.41) is 10.2. The Morgan fingerprint density at radius 3 is 2.72 bits per heavy atom. The first-order valence-corrected chi connectivity index (χ1v) is 9.47. The van der Waals surface area contributed by atoms with E-state index in [1.54, 1.807) is 0 Å². The van der Waals surface area contributed by atoms with Crippen LogP contribution in [-0.4, -0.2) is 52.4 Å². The molecule has 6 unspecified atom stereocenters. The fourth-order valence-corrected chi connectivity index (χ4v) is 4.89. The van der Waals surface area contributed by atoms with Crippen molar-refractivity contribution in [3.8, 4) is 0 Å². The Morgan fingerprint density at radius 1 is 1.36 bits per heavy atom. The van der Waals surface area contributed by atoms with Crippen molar-refractivity contribution in [2.45, 2.75) is 68.9 Å². The number of carbonyl (C=O) groups excluding carboxylic acids is 1. The van der Waals surface area contributed by atoms with E-state index in [1.165, 1.54) is 5.56 Å². The van der Waals surface area contributed by atoms with Gasteiger partial charge >= 0.3 is 0 Å². The molecule has 2 heterocycles. The van der Waals surface area contributed by atoms with Gasteiger partial charge < -0.3 is 20.5 Å². The molecule has 0 radical (unpaired) electrons. The Balaban J connectivity index is 1.37. The molecule has 136 valence electrons. The topological polar surface area (TPSA) is 75.8 Å². The zero-order valence-corrected chi connectivity index (χ0v) is 14.8. The molecule has 25 heavy (non-hydrogen) atoms. The first-order valence-electron chi connectivity index (χ1n) is 9.47. The number of aliphatic hydroxyl groups is 1. The number of rotatable bonds is 4. The number of aliphatic hydroxyl groups excluding tert-OH is 1. The van der Waals surface area contributed by atoms with E-state index in [4.69, 9.17) is 10.5 Å². The molecule has 1 aliphatic carbocycles. The van der Waals surface area contributed by atoms with Crippen molar-refractivity contribution in [1.82, 2.24) is 4.90 Å². The van der Waals surface area contributed by atoms with Gasteiger partial charge in [0.2, 0.25) is 0 Å². The number of benzene rings is 1. The highest BCUT2D eigenvalue weighted by Gasteiger charge is 2.60. The van der Waals surface area contributed by atoms with Gasteiger partial charge in [0.05, 0.1) is 18.2 Å². The standard InChI is InChI=1S/C20H28N2O3/c1-13-7-8-16(23)18(13)22-10-9-20(19(22)24)12-17(25-20)15(21)11-14-5-3-2-4-6-14/h2-6,13,15-18,23H,7-12,21H2,1H3. The van der Waals surface area contributed by atoms with E-state index in [-0.39, 0.29) is 24.1 Å². The van der Waals surface area contributed by atoms with Crippen molar-refractivity contribution >= 4 is 5.91 Å². The zero-order chi connectivity index (χ0) is 17.6. The molecular formula is C20H28N2O3. The van der Waals surface area contributed by atoms with E-state index in [2.05, 4.69) is 19.1 Å². The van der Waals surface area contributed by atoms with Crippen LogP contribution in [0.15, 0.2) is 30.3 Å². The van der Waals surface area contributed by atoms with Crippen LogP contribution in [0.1, 0.15) is 38.2 Å². The number of carbonyl (C=O) groups is 1. The number of nitrogens with zero attached hydrogens (tertiary/aromatic N) is 1. The predicted octanol–water partition coefficient (Wildman–Crippen LogP) is 1.48. The summed E-state index contributed by atoms with van der Waals surface area (Å²) in [5.74, 6) is 0.416. The van der Waals surface area contributed by atoms with Crippen molar-refractivity contribution in [1.29, 1.82) is 0 Å². The van der Waals surface area contributed by atoms with Crippen LogP contribution in [0.2, 0.25) is 0 Å². The van der Waals surface area contributed by atoms with Gasteiger partial charge in [0.15, 0.2) is 5.60 Å². The van der Waals surface area contributed by atoms with Gasteiger partial charge in [-0.15, -0.1) is 0 Å². The molecule has 1 aromatic carbocycles. The lowest BCUT2D eigenvalue weighted by Gasteiger charge is -2.46. The molecule has 2 saturated heterocycles. The fraction of sp³-hybridized carbons (Fsp3) is 0.650. The Bertz CT molecular complexity index is 619. The lowest BCUT2D eigenvalue weighted by atomic mass is 9.83. The van der Waals surface area contributed by atoms with Crippen LogP contribution in [-0.2, 0) is 16.0 Å². The first kappa shape index (κ1) is 17.0. The van der Waals surface area contributed by atoms with Crippen LogP contribution >= 0.6 is 0 Å². The van der Waals surface area contributed by atoms with Crippen LogP contribution in [0, 0.1) is 5.92 Å². The number of hydrogen-bond acceptors (Lipinski definition) is 4. The van der Waals surface area contributed by atoms with Crippen molar-refractivity contribution in [2.75, 3.05) is 6.54 Å². The third-order valence-electron chi connectivity index (χ3n) is 6.36. The van der Waals surface area contributed by atoms with Crippen LogP contribution in [0.4, 0.5) is 0 Å². The Morgan fingerprint density at radius 2 is 2.08 bits per heavy atom. The molecule has 1 aromatic rings. The molecule has 5 nitrogen and oxygen atoms in total. The molecular weight excluding hydrogens is 316 g/mol. The average Bonchev–Trinajstić information content (AvgIpc) is 3.06. The summed E-state index contributed by atoms with van der Waals surface area (Å²) in [6.45, 7) is 2.81. The van der Waals surface area contributed by atoms with Gasteiger partial charge in [-0.25, -0.2) is 0 Å². The second kappa shape index (κ2) is 6.38. The highest BCUT2D eigenvalue weighted by molar-refractivity contribution is 5.88. The van der Waals surface area contributed by atoms with Gasteiger partial charge in [0, 0.05) is 25.4 Å². The number of hydrogen-bond donors (Lipinski definition) is 2. The van der Waals surface area contributed by atoms with Crippen molar-refractivity contribution in [3.63, 3.8) is 0 Å². The van der Waals surface area contributed by atoms with E-state index in [0.29, 0.717) is 18.9 Å². The first-order chi connectivity index (χ1) is 12.0. The molecule has 3 fully saturated rings. The summed E-state index contributed by atoms with van der Waals surface area (Å²) in [6, 6.07) is 10.0. The van der Waals surface area contributed by atoms with E-state index < -0.39 is 11.7 Å². The third kappa shape index (κ3) is 2.88. The smallest absolute Gasteiger partial charge is 0.255 e. The maximum Gasteiger partial charge on any atom is 0.255 e. The number of ether oxygens (including phenoxy) is 1. The minimum absolute atomic E-state index is 0.0486. The van der Waals surface area contributed by atoms with Crippen LogP contribution < -0.4 is 5.73 Å². The van der Waals surface area contributed by atoms with Gasteiger partial charge in [-0.05, 0) is 30.7 Å². The lowest BCUT2D eigenvalue weighted by molar-refractivity contribution is -0.211. The molecule has 1 amide bonds. The summed E-state index contributed by atoms with van der Waals surface area (Å²) in [5.41, 5.74) is 6.83.